The van der Waals surface area contributed by atoms with Crippen LogP contribution in [0.1, 0.15) is 51.7 Å². The summed E-state index contributed by atoms with van der Waals surface area (Å²) in [6, 6.07) is 0. The zero-order chi connectivity index (χ0) is 16.3. The topological polar surface area (TPSA) is 36.4 Å². The van der Waals surface area contributed by atoms with Crippen molar-refractivity contribution in [1.29, 1.82) is 0 Å². The fourth-order valence-electron chi connectivity index (χ4n) is 2.67. The van der Waals surface area contributed by atoms with Crippen LogP contribution in [-0.4, -0.2) is 46.9 Å². The summed E-state index contributed by atoms with van der Waals surface area (Å²) < 4.78 is 0. The van der Waals surface area contributed by atoms with Crippen molar-refractivity contribution < 1.29 is 4.79 Å². The van der Waals surface area contributed by atoms with E-state index in [1.165, 1.54) is 10.7 Å². The van der Waals surface area contributed by atoms with Crippen LogP contribution >= 0.6 is 11.3 Å². The maximum absolute atomic E-state index is 12.1. The van der Waals surface area contributed by atoms with Crippen LogP contribution in [-0.2, 0) is 16.8 Å². The SMILES string of the molecule is CC(C)C(=O)N1CCCN(Cc2csc(C(C)(C)C)n2)CC1. The normalized spacial score (nSPS) is 17.8. The molecular formula is C17H29N3OS. The van der Waals surface area contributed by atoms with Crippen LogP contribution in [0.15, 0.2) is 5.38 Å². The standard InChI is InChI=1S/C17H29N3OS/c1-13(2)15(21)20-8-6-7-19(9-10-20)11-14-12-22-16(18-14)17(3,4)5/h12-13H,6-11H2,1-5H3. The lowest BCUT2D eigenvalue weighted by molar-refractivity contribution is -0.134. The minimum atomic E-state index is 0.0967. The Bertz CT molecular complexity index is 504. The van der Waals surface area contributed by atoms with E-state index in [1.54, 1.807) is 11.3 Å². The Morgan fingerprint density at radius 1 is 1.27 bits per heavy atom. The first-order chi connectivity index (χ1) is 10.3. The summed E-state index contributed by atoms with van der Waals surface area (Å²) >= 11 is 1.76. The van der Waals surface area contributed by atoms with Gasteiger partial charge >= 0.3 is 0 Å². The van der Waals surface area contributed by atoms with Gasteiger partial charge in [-0.15, -0.1) is 11.3 Å². The highest BCUT2D eigenvalue weighted by atomic mass is 32.1. The molecule has 0 bridgehead atoms. The molecule has 0 saturated carbocycles. The Morgan fingerprint density at radius 3 is 2.59 bits per heavy atom. The smallest absolute Gasteiger partial charge is 0.225 e. The van der Waals surface area contributed by atoms with E-state index in [4.69, 9.17) is 4.98 Å². The maximum atomic E-state index is 12.1. The zero-order valence-electron chi connectivity index (χ0n) is 14.6. The lowest BCUT2D eigenvalue weighted by atomic mass is 9.98. The fourth-order valence-corrected chi connectivity index (χ4v) is 3.57. The Kier molecular flexibility index (Phi) is 5.61. The first-order valence-electron chi connectivity index (χ1n) is 8.23. The highest BCUT2D eigenvalue weighted by Gasteiger charge is 2.22. The van der Waals surface area contributed by atoms with Crippen molar-refractivity contribution in [2.75, 3.05) is 26.2 Å². The summed E-state index contributed by atoms with van der Waals surface area (Å²) in [6.45, 7) is 15.2. The molecule has 2 heterocycles. The minimum Gasteiger partial charge on any atom is -0.341 e. The second kappa shape index (κ2) is 7.09. The Morgan fingerprint density at radius 2 is 2.00 bits per heavy atom. The monoisotopic (exact) mass is 323 g/mol. The molecule has 5 heteroatoms. The van der Waals surface area contributed by atoms with Crippen LogP contribution in [0.2, 0.25) is 0 Å². The van der Waals surface area contributed by atoms with Gasteiger partial charge < -0.3 is 4.90 Å². The molecule has 1 saturated heterocycles. The molecular weight excluding hydrogens is 294 g/mol. The molecule has 1 amide bonds. The van der Waals surface area contributed by atoms with Crippen molar-refractivity contribution in [3.05, 3.63) is 16.1 Å². The maximum Gasteiger partial charge on any atom is 0.225 e. The Balaban J connectivity index is 1.92. The van der Waals surface area contributed by atoms with Crippen molar-refractivity contribution in [3.8, 4) is 0 Å². The predicted molar refractivity (Wildman–Crippen MR) is 92.1 cm³/mol. The summed E-state index contributed by atoms with van der Waals surface area (Å²) in [5.41, 5.74) is 1.29. The van der Waals surface area contributed by atoms with Crippen LogP contribution in [0, 0.1) is 5.92 Å². The predicted octanol–water partition coefficient (Wildman–Crippen LogP) is 3.13. The molecule has 4 nitrogen and oxygen atoms in total. The minimum absolute atomic E-state index is 0.0967. The molecule has 1 aromatic heterocycles. The number of rotatable bonds is 3. The molecule has 124 valence electrons. The Hall–Kier alpha value is -0.940. The summed E-state index contributed by atoms with van der Waals surface area (Å²) in [7, 11) is 0. The molecule has 1 aliphatic rings. The van der Waals surface area contributed by atoms with Crippen molar-refractivity contribution >= 4 is 17.2 Å². The van der Waals surface area contributed by atoms with E-state index in [1.807, 2.05) is 18.7 Å². The molecule has 2 rings (SSSR count). The van der Waals surface area contributed by atoms with Gasteiger partial charge in [-0.1, -0.05) is 34.6 Å². The third kappa shape index (κ3) is 4.53. The third-order valence-corrected chi connectivity index (χ3v) is 5.29. The van der Waals surface area contributed by atoms with Crippen LogP contribution in [0.5, 0.6) is 0 Å². The second-order valence-corrected chi connectivity index (χ2v) is 8.36. The van der Waals surface area contributed by atoms with Gasteiger partial charge in [0.2, 0.25) is 5.91 Å². The number of amides is 1. The first-order valence-corrected chi connectivity index (χ1v) is 9.11. The molecule has 0 N–H and O–H groups in total. The van der Waals surface area contributed by atoms with Crippen LogP contribution in [0.4, 0.5) is 0 Å². The van der Waals surface area contributed by atoms with E-state index in [0.29, 0.717) is 0 Å². The molecule has 1 aliphatic heterocycles. The van der Waals surface area contributed by atoms with Gasteiger partial charge in [0.25, 0.3) is 0 Å². The lowest BCUT2D eigenvalue weighted by Crippen LogP contribution is -2.37. The molecule has 1 fully saturated rings. The number of hydrogen-bond acceptors (Lipinski definition) is 4. The van der Waals surface area contributed by atoms with Gasteiger partial charge in [-0.2, -0.15) is 0 Å². The van der Waals surface area contributed by atoms with Gasteiger partial charge in [0.15, 0.2) is 0 Å². The molecule has 0 spiro atoms. The number of nitrogens with zero attached hydrogens (tertiary/aromatic N) is 3. The summed E-state index contributed by atoms with van der Waals surface area (Å²) in [5.74, 6) is 0.380. The highest BCUT2D eigenvalue weighted by Crippen LogP contribution is 2.26. The summed E-state index contributed by atoms with van der Waals surface area (Å²) in [6.07, 6.45) is 1.05. The second-order valence-electron chi connectivity index (χ2n) is 7.50. The van der Waals surface area contributed by atoms with Gasteiger partial charge in [-0.05, 0) is 6.42 Å². The molecule has 0 aliphatic carbocycles. The van der Waals surface area contributed by atoms with Gasteiger partial charge in [0.05, 0.1) is 10.7 Å². The fraction of sp³-hybridized carbons (Fsp3) is 0.765. The molecule has 1 aromatic rings. The van der Waals surface area contributed by atoms with Crippen molar-refractivity contribution in [3.63, 3.8) is 0 Å². The number of carbonyl (C=O) groups is 1. The van der Waals surface area contributed by atoms with E-state index in [0.717, 1.165) is 39.1 Å². The van der Waals surface area contributed by atoms with E-state index in [2.05, 4.69) is 31.1 Å². The average Bonchev–Trinajstić information content (AvgIpc) is 2.77. The largest absolute Gasteiger partial charge is 0.341 e. The average molecular weight is 324 g/mol. The summed E-state index contributed by atoms with van der Waals surface area (Å²) in [4.78, 5) is 21.4. The summed E-state index contributed by atoms with van der Waals surface area (Å²) in [5, 5.41) is 3.39. The van der Waals surface area contributed by atoms with Crippen molar-refractivity contribution in [2.24, 2.45) is 5.92 Å². The molecule has 0 aromatic carbocycles. The number of thiazole rings is 1. The van der Waals surface area contributed by atoms with E-state index >= 15 is 0 Å². The van der Waals surface area contributed by atoms with Crippen LogP contribution < -0.4 is 0 Å². The number of hydrogen-bond donors (Lipinski definition) is 0. The molecule has 0 radical (unpaired) electrons. The van der Waals surface area contributed by atoms with E-state index < -0.39 is 0 Å². The van der Waals surface area contributed by atoms with Gasteiger partial charge in [0, 0.05) is 49.4 Å². The van der Waals surface area contributed by atoms with E-state index in [9.17, 15) is 4.79 Å². The zero-order valence-corrected chi connectivity index (χ0v) is 15.4. The van der Waals surface area contributed by atoms with Gasteiger partial charge in [-0.3, -0.25) is 9.69 Å². The lowest BCUT2D eigenvalue weighted by Gasteiger charge is -2.23. The van der Waals surface area contributed by atoms with Crippen LogP contribution in [0.25, 0.3) is 0 Å². The Labute approximate surface area is 138 Å². The molecule has 0 atom stereocenters. The third-order valence-electron chi connectivity index (χ3n) is 3.97. The quantitative estimate of drug-likeness (QED) is 0.857. The number of aromatic nitrogens is 1. The first kappa shape index (κ1) is 17.4. The highest BCUT2D eigenvalue weighted by molar-refractivity contribution is 7.09. The van der Waals surface area contributed by atoms with Crippen molar-refractivity contribution in [1.82, 2.24) is 14.8 Å². The molecule has 22 heavy (non-hydrogen) atoms. The molecule has 0 unspecified atom stereocenters. The van der Waals surface area contributed by atoms with Gasteiger partial charge in [0.1, 0.15) is 0 Å². The van der Waals surface area contributed by atoms with Crippen molar-refractivity contribution in [2.45, 2.75) is 53.0 Å². The van der Waals surface area contributed by atoms with E-state index in [-0.39, 0.29) is 17.2 Å². The number of carbonyl (C=O) groups excluding carboxylic acids is 1. The van der Waals surface area contributed by atoms with Crippen LogP contribution in [0.3, 0.4) is 0 Å². The van der Waals surface area contributed by atoms with Gasteiger partial charge in [-0.25, -0.2) is 4.98 Å².